The quantitative estimate of drug-likeness (QED) is 0.124. The van der Waals surface area contributed by atoms with Gasteiger partial charge in [-0.15, -0.1) is 0 Å². The molecule has 0 radical (unpaired) electrons. The van der Waals surface area contributed by atoms with E-state index in [0.717, 1.165) is 16.7 Å². The standard InChI is InChI=1S/C53H48O/c1-3-4-22-38-34(2)49(39-23-11-12-24-40(39)50(38)35-18-7-5-8-19-35)46-30-17-29-45-47-33-37(31-32-48(47)54-53(45)46)52-43-27-15-13-25-41(43)51(36-20-9-6-10-21-36)42-26-14-16-28-44(42)52/h3-4,11-17,22-33,35-36H,1,5-10,18-21H2,2H3/b22-4-. The van der Waals surface area contributed by atoms with Crippen molar-refractivity contribution in [3.05, 3.63) is 150 Å². The lowest BCUT2D eigenvalue weighted by molar-refractivity contribution is 0.445. The first-order valence-corrected chi connectivity index (χ1v) is 20.4. The van der Waals surface area contributed by atoms with Crippen LogP contribution < -0.4 is 0 Å². The van der Waals surface area contributed by atoms with Gasteiger partial charge in [0.15, 0.2) is 0 Å². The van der Waals surface area contributed by atoms with Crippen molar-refractivity contribution in [3.8, 4) is 22.3 Å². The van der Waals surface area contributed by atoms with Crippen molar-refractivity contribution >= 4 is 60.3 Å². The molecule has 0 saturated heterocycles. The summed E-state index contributed by atoms with van der Waals surface area (Å²) in [6, 6.07) is 41.1. The van der Waals surface area contributed by atoms with Crippen molar-refractivity contribution in [1.29, 1.82) is 0 Å². The summed E-state index contributed by atoms with van der Waals surface area (Å²) < 4.78 is 6.94. The molecule has 0 spiro atoms. The minimum atomic E-state index is 0.574. The SMILES string of the molecule is C=C/C=C\c1c(C)c(-c2cccc3c2oc2ccc(-c4c5ccccc5c(C5CCCCC5)c5ccccc45)cc23)c2ccccc2c1C1CCCCC1. The number of benzene rings is 7. The van der Waals surface area contributed by atoms with Gasteiger partial charge < -0.3 is 4.42 Å². The topological polar surface area (TPSA) is 13.1 Å². The van der Waals surface area contributed by atoms with Gasteiger partial charge in [-0.05, 0) is 128 Å². The highest BCUT2D eigenvalue weighted by Crippen LogP contribution is 2.49. The maximum atomic E-state index is 6.94. The highest BCUT2D eigenvalue weighted by atomic mass is 16.3. The largest absolute Gasteiger partial charge is 0.455 e. The van der Waals surface area contributed by atoms with E-state index in [0.29, 0.717) is 11.8 Å². The highest BCUT2D eigenvalue weighted by molar-refractivity contribution is 6.18. The van der Waals surface area contributed by atoms with Crippen LogP contribution in [0.15, 0.2) is 132 Å². The Hall–Kier alpha value is -5.40. The summed E-state index contributed by atoms with van der Waals surface area (Å²) in [6.45, 7) is 6.36. The Morgan fingerprint density at radius 2 is 1.07 bits per heavy atom. The molecule has 1 heterocycles. The molecule has 7 aromatic carbocycles. The second-order valence-corrected chi connectivity index (χ2v) is 16.0. The molecule has 2 aliphatic rings. The molecule has 0 unspecified atom stereocenters. The molecular weight excluding hydrogens is 653 g/mol. The fraction of sp³-hybridized carbons (Fsp3) is 0.245. The van der Waals surface area contributed by atoms with Gasteiger partial charge in [0.25, 0.3) is 0 Å². The Bertz CT molecular complexity index is 2700. The molecule has 1 heteroatoms. The number of rotatable bonds is 6. The van der Waals surface area contributed by atoms with Gasteiger partial charge in [0.2, 0.25) is 0 Å². The monoisotopic (exact) mass is 700 g/mol. The van der Waals surface area contributed by atoms with Crippen LogP contribution in [0.25, 0.3) is 82.6 Å². The predicted molar refractivity (Wildman–Crippen MR) is 233 cm³/mol. The van der Waals surface area contributed by atoms with Gasteiger partial charge >= 0.3 is 0 Å². The maximum absolute atomic E-state index is 6.94. The van der Waals surface area contributed by atoms with Crippen molar-refractivity contribution in [2.24, 2.45) is 0 Å². The zero-order valence-corrected chi connectivity index (χ0v) is 31.5. The minimum Gasteiger partial charge on any atom is -0.455 e. The third-order valence-electron chi connectivity index (χ3n) is 13.0. The van der Waals surface area contributed by atoms with Crippen molar-refractivity contribution in [2.75, 3.05) is 0 Å². The highest BCUT2D eigenvalue weighted by Gasteiger charge is 2.27. The average Bonchev–Trinajstić information content (AvgIpc) is 3.61. The molecule has 0 aliphatic heterocycles. The Morgan fingerprint density at radius 3 is 1.69 bits per heavy atom. The van der Waals surface area contributed by atoms with Gasteiger partial charge in [-0.3, -0.25) is 0 Å². The Labute approximate surface area is 319 Å². The lowest BCUT2D eigenvalue weighted by Gasteiger charge is -2.28. The number of allylic oxidation sites excluding steroid dienone is 2. The average molecular weight is 701 g/mol. The Balaban J connectivity index is 1.20. The molecule has 54 heavy (non-hydrogen) atoms. The van der Waals surface area contributed by atoms with Crippen molar-refractivity contribution < 1.29 is 4.42 Å². The van der Waals surface area contributed by atoms with E-state index < -0.39 is 0 Å². The third-order valence-corrected chi connectivity index (χ3v) is 13.0. The third kappa shape index (κ3) is 5.35. The maximum Gasteiger partial charge on any atom is 0.143 e. The molecule has 1 nitrogen and oxygen atoms in total. The molecular formula is C53H48O. The number of furan rings is 1. The fourth-order valence-electron chi connectivity index (χ4n) is 10.6. The van der Waals surface area contributed by atoms with Gasteiger partial charge in [-0.25, -0.2) is 0 Å². The summed E-state index contributed by atoms with van der Waals surface area (Å²) in [5.41, 5.74) is 12.6. The van der Waals surface area contributed by atoms with Crippen LogP contribution in [0.2, 0.25) is 0 Å². The van der Waals surface area contributed by atoms with E-state index in [4.69, 9.17) is 4.42 Å². The first-order valence-electron chi connectivity index (χ1n) is 20.4. The predicted octanol–water partition coefficient (Wildman–Crippen LogP) is 16.0. The second-order valence-electron chi connectivity index (χ2n) is 16.0. The summed E-state index contributed by atoms with van der Waals surface area (Å²) in [5, 5.41) is 10.6. The van der Waals surface area contributed by atoms with E-state index in [1.165, 1.54) is 141 Å². The molecule has 0 atom stereocenters. The lowest BCUT2D eigenvalue weighted by atomic mass is 9.76. The number of para-hydroxylation sites is 1. The summed E-state index contributed by atoms with van der Waals surface area (Å²) in [5.74, 6) is 1.19. The molecule has 0 bridgehead atoms. The van der Waals surface area contributed by atoms with Crippen molar-refractivity contribution in [1.82, 2.24) is 0 Å². The fourth-order valence-corrected chi connectivity index (χ4v) is 10.6. The normalized spacial score (nSPS) is 16.1. The first-order chi connectivity index (χ1) is 26.7. The van der Waals surface area contributed by atoms with Crippen LogP contribution in [0.5, 0.6) is 0 Å². The van der Waals surface area contributed by atoms with Crippen molar-refractivity contribution in [2.45, 2.75) is 83.0 Å². The number of hydrogen-bond acceptors (Lipinski definition) is 1. The summed E-state index contributed by atoms with van der Waals surface area (Å²) in [6.07, 6.45) is 19.4. The number of fused-ring (bicyclic) bond motifs is 6. The van der Waals surface area contributed by atoms with Crippen LogP contribution in [0.1, 0.15) is 98.3 Å². The zero-order chi connectivity index (χ0) is 36.2. The van der Waals surface area contributed by atoms with Crippen LogP contribution in [-0.4, -0.2) is 0 Å². The molecule has 0 amide bonds. The summed E-state index contributed by atoms with van der Waals surface area (Å²) in [7, 11) is 0. The zero-order valence-electron chi connectivity index (χ0n) is 31.5. The molecule has 2 fully saturated rings. The van der Waals surface area contributed by atoms with Crippen LogP contribution in [0.3, 0.4) is 0 Å². The van der Waals surface area contributed by atoms with Gasteiger partial charge in [-0.1, -0.05) is 160 Å². The van der Waals surface area contributed by atoms with Gasteiger partial charge in [0, 0.05) is 16.3 Å². The van der Waals surface area contributed by atoms with Gasteiger partial charge in [-0.2, -0.15) is 0 Å². The van der Waals surface area contributed by atoms with E-state index in [1.54, 1.807) is 5.56 Å². The molecule has 1 aromatic heterocycles. The lowest BCUT2D eigenvalue weighted by Crippen LogP contribution is -2.09. The summed E-state index contributed by atoms with van der Waals surface area (Å²) >= 11 is 0. The Morgan fingerprint density at radius 1 is 0.537 bits per heavy atom. The molecule has 2 saturated carbocycles. The molecule has 0 N–H and O–H groups in total. The number of hydrogen-bond donors (Lipinski definition) is 0. The molecule has 8 aromatic rings. The van der Waals surface area contributed by atoms with E-state index >= 15 is 0 Å². The van der Waals surface area contributed by atoms with Crippen LogP contribution >= 0.6 is 0 Å². The van der Waals surface area contributed by atoms with E-state index in [9.17, 15) is 0 Å². The van der Waals surface area contributed by atoms with Crippen LogP contribution in [-0.2, 0) is 0 Å². The van der Waals surface area contributed by atoms with E-state index in [1.807, 2.05) is 6.08 Å². The molecule has 266 valence electrons. The van der Waals surface area contributed by atoms with E-state index in [2.05, 4.69) is 135 Å². The second kappa shape index (κ2) is 13.8. The molecule has 10 rings (SSSR count). The first kappa shape index (κ1) is 33.2. The Kier molecular flexibility index (Phi) is 8.47. The van der Waals surface area contributed by atoms with Gasteiger partial charge in [0.1, 0.15) is 11.2 Å². The smallest absolute Gasteiger partial charge is 0.143 e. The van der Waals surface area contributed by atoms with E-state index in [-0.39, 0.29) is 0 Å². The molecule has 2 aliphatic carbocycles. The van der Waals surface area contributed by atoms with Crippen molar-refractivity contribution in [3.63, 3.8) is 0 Å². The minimum absolute atomic E-state index is 0.574. The van der Waals surface area contributed by atoms with Gasteiger partial charge in [0.05, 0.1) is 0 Å². The van der Waals surface area contributed by atoms with Crippen LogP contribution in [0.4, 0.5) is 0 Å². The summed E-state index contributed by atoms with van der Waals surface area (Å²) in [4.78, 5) is 0. The van der Waals surface area contributed by atoms with Crippen LogP contribution in [0, 0.1) is 6.92 Å².